The van der Waals surface area contributed by atoms with Gasteiger partial charge in [-0.3, -0.25) is 0 Å². The number of aromatic nitrogens is 1. The van der Waals surface area contributed by atoms with E-state index in [4.69, 9.17) is 4.42 Å². The van der Waals surface area contributed by atoms with Crippen molar-refractivity contribution in [3.05, 3.63) is 40.8 Å². The first-order chi connectivity index (χ1) is 14.9. The Morgan fingerprint density at radius 3 is 2.26 bits per heavy atom. The molecule has 0 saturated heterocycles. The van der Waals surface area contributed by atoms with Crippen molar-refractivity contribution in [1.29, 1.82) is 0 Å². The standard InChI is InChI=1S/C18H26N6O3S4/c1-24(2)11-15-3-4-16(27-15)13-29-10-7-20-18-17(22-31(25,26)23-18)19-6-9-28-12-14-5-8-30-21-14/h3-5,8H,6-7,9-13H2,1-2H3,(H,19,22)(H,20,23). The van der Waals surface area contributed by atoms with Crippen LogP contribution in [0, 0.1) is 0 Å². The molecule has 9 nitrogen and oxygen atoms in total. The van der Waals surface area contributed by atoms with Gasteiger partial charge in [-0.05, 0) is 43.8 Å². The third-order valence-corrected chi connectivity index (χ3v) is 7.29. The fourth-order valence-corrected chi connectivity index (χ4v) is 5.54. The number of nitrogens with zero attached hydrogens (tertiary/aromatic N) is 4. The molecule has 1 aliphatic heterocycles. The van der Waals surface area contributed by atoms with Gasteiger partial charge in [0.1, 0.15) is 11.5 Å². The predicted octanol–water partition coefficient (Wildman–Crippen LogP) is 2.20. The lowest BCUT2D eigenvalue weighted by atomic mass is 10.4. The molecule has 31 heavy (non-hydrogen) atoms. The summed E-state index contributed by atoms with van der Waals surface area (Å²) < 4.78 is 40.9. The Morgan fingerprint density at radius 2 is 1.65 bits per heavy atom. The molecule has 0 atom stereocenters. The van der Waals surface area contributed by atoms with E-state index >= 15 is 0 Å². The van der Waals surface area contributed by atoms with Crippen LogP contribution in [0.2, 0.25) is 0 Å². The lowest BCUT2D eigenvalue weighted by molar-refractivity contribution is 0.344. The van der Waals surface area contributed by atoms with E-state index in [0.717, 1.165) is 46.8 Å². The van der Waals surface area contributed by atoms with E-state index < -0.39 is 10.2 Å². The molecule has 2 aromatic heterocycles. The summed E-state index contributed by atoms with van der Waals surface area (Å²) in [7, 11) is 0.199. The van der Waals surface area contributed by atoms with Gasteiger partial charge in [0.25, 0.3) is 0 Å². The fourth-order valence-electron chi connectivity index (χ4n) is 2.61. The van der Waals surface area contributed by atoms with Crippen molar-refractivity contribution in [2.24, 2.45) is 8.80 Å². The lowest BCUT2D eigenvalue weighted by Crippen LogP contribution is -2.40. The monoisotopic (exact) mass is 502 g/mol. The molecule has 2 aromatic rings. The zero-order chi connectivity index (χ0) is 22.1. The molecule has 0 radical (unpaired) electrons. The van der Waals surface area contributed by atoms with Gasteiger partial charge in [0.2, 0.25) is 0 Å². The average Bonchev–Trinajstić information content (AvgIpc) is 3.42. The third kappa shape index (κ3) is 8.48. The number of hydrogen-bond donors (Lipinski definition) is 2. The van der Waals surface area contributed by atoms with Gasteiger partial charge in [-0.15, -0.1) is 8.80 Å². The van der Waals surface area contributed by atoms with E-state index in [0.29, 0.717) is 13.1 Å². The number of hydrogen-bond acceptors (Lipinski definition) is 10. The second-order valence-corrected chi connectivity index (χ2v) is 11.0. The van der Waals surface area contributed by atoms with E-state index in [2.05, 4.69) is 28.7 Å². The van der Waals surface area contributed by atoms with Gasteiger partial charge >= 0.3 is 10.2 Å². The van der Waals surface area contributed by atoms with Gasteiger partial charge < -0.3 is 20.0 Å². The zero-order valence-corrected chi connectivity index (χ0v) is 20.7. The van der Waals surface area contributed by atoms with Crippen molar-refractivity contribution < 1.29 is 12.8 Å². The second-order valence-electron chi connectivity index (χ2n) is 6.88. The summed E-state index contributed by atoms with van der Waals surface area (Å²) in [6.07, 6.45) is 0. The molecule has 3 heterocycles. The summed E-state index contributed by atoms with van der Waals surface area (Å²) in [6.45, 7) is 1.94. The topological polar surface area (TPSA) is 112 Å². The van der Waals surface area contributed by atoms with Crippen molar-refractivity contribution in [3.63, 3.8) is 0 Å². The second kappa shape index (κ2) is 11.9. The van der Waals surface area contributed by atoms with Crippen LogP contribution in [0.3, 0.4) is 0 Å². The summed E-state index contributed by atoms with van der Waals surface area (Å²) in [6, 6.07) is 5.99. The van der Waals surface area contributed by atoms with Gasteiger partial charge in [-0.2, -0.15) is 36.3 Å². The molecule has 0 unspecified atom stereocenters. The first-order valence-corrected chi connectivity index (χ1v) is 14.2. The zero-order valence-electron chi connectivity index (χ0n) is 17.4. The first-order valence-electron chi connectivity index (χ1n) is 9.61. The molecule has 0 aliphatic carbocycles. The van der Waals surface area contributed by atoms with Crippen LogP contribution in [-0.4, -0.2) is 68.1 Å². The van der Waals surface area contributed by atoms with Gasteiger partial charge in [-0.25, -0.2) is 0 Å². The number of nitrogens with one attached hydrogen (secondary N) is 2. The molecule has 13 heteroatoms. The first kappa shape index (κ1) is 24.1. The summed E-state index contributed by atoms with van der Waals surface area (Å²) in [5.74, 6) is 5.60. The molecular weight excluding hydrogens is 477 g/mol. The van der Waals surface area contributed by atoms with Crippen LogP contribution in [0.5, 0.6) is 0 Å². The number of thioether (sulfide) groups is 2. The highest BCUT2D eigenvalue weighted by molar-refractivity contribution is 7.98. The highest BCUT2D eigenvalue weighted by Crippen LogP contribution is 2.16. The minimum absolute atomic E-state index is 0.274. The summed E-state index contributed by atoms with van der Waals surface area (Å²) in [4.78, 5) is 2.06. The van der Waals surface area contributed by atoms with Crippen molar-refractivity contribution in [2.75, 3.05) is 38.7 Å². The quantitative estimate of drug-likeness (QED) is 0.422. The Labute approximate surface area is 195 Å². The normalized spacial score (nSPS) is 15.2. The van der Waals surface area contributed by atoms with Crippen LogP contribution in [-0.2, 0) is 28.3 Å². The van der Waals surface area contributed by atoms with E-state index in [1.165, 1.54) is 11.5 Å². The van der Waals surface area contributed by atoms with Crippen LogP contribution in [0.15, 0.2) is 36.8 Å². The highest BCUT2D eigenvalue weighted by Gasteiger charge is 2.23. The van der Waals surface area contributed by atoms with Crippen LogP contribution < -0.4 is 10.6 Å². The fraction of sp³-hybridized carbons (Fsp3) is 0.500. The molecule has 0 bridgehead atoms. The maximum absolute atomic E-state index is 11.8. The Hall–Kier alpha value is -1.54. The maximum Gasteiger partial charge on any atom is 0.367 e. The van der Waals surface area contributed by atoms with Crippen LogP contribution in [0.1, 0.15) is 17.2 Å². The van der Waals surface area contributed by atoms with E-state index in [-0.39, 0.29) is 11.7 Å². The van der Waals surface area contributed by atoms with Gasteiger partial charge in [0.05, 0.1) is 18.0 Å². The largest absolute Gasteiger partial charge is 0.464 e. The molecule has 170 valence electrons. The Kier molecular flexibility index (Phi) is 9.26. The Morgan fingerprint density at radius 1 is 1.00 bits per heavy atom. The average molecular weight is 503 g/mol. The van der Waals surface area contributed by atoms with Gasteiger partial charge in [0.15, 0.2) is 11.7 Å². The van der Waals surface area contributed by atoms with Gasteiger partial charge in [0, 0.05) is 35.7 Å². The number of amidine groups is 2. The highest BCUT2D eigenvalue weighted by atomic mass is 32.2. The predicted molar refractivity (Wildman–Crippen MR) is 130 cm³/mol. The smallest absolute Gasteiger partial charge is 0.367 e. The van der Waals surface area contributed by atoms with E-state index in [1.807, 2.05) is 37.7 Å². The number of furan rings is 1. The molecule has 2 N–H and O–H groups in total. The van der Waals surface area contributed by atoms with Crippen LogP contribution in [0.25, 0.3) is 0 Å². The van der Waals surface area contributed by atoms with Crippen molar-refractivity contribution in [3.8, 4) is 0 Å². The Bertz CT molecular complexity index is 986. The van der Waals surface area contributed by atoms with Crippen molar-refractivity contribution in [2.45, 2.75) is 18.1 Å². The lowest BCUT2D eigenvalue weighted by Gasteiger charge is -2.09. The molecule has 0 aromatic carbocycles. The Balaban J connectivity index is 1.34. The SMILES string of the molecule is CN(C)Cc1ccc(CSCCNC2=NS(=O)(=O)N=C2NCCSCc2ccsn2)o1. The van der Waals surface area contributed by atoms with E-state index in [9.17, 15) is 8.42 Å². The minimum Gasteiger partial charge on any atom is -0.464 e. The summed E-state index contributed by atoms with van der Waals surface area (Å²) >= 11 is 4.87. The molecular formula is C18H26N6O3S4. The summed E-state index contributed by atoms with van der Waals surface area (Å²) in [5, 5.41) is 8.09. The van der Waals surface area contributed by atoms with E-state index in [1.54, 1.807) is 23.5 Å². The molecule has 0 fully saturated rings. The molecule has 0 saturated carbocycles. The molecule has 0 spiro atoms. The third-order valence-electron chi connectivity index (χ3n) is 3.89. The maximum atomic E-state index is 11.8. The van der Waals surface area contributed by atoms with Crippen molar-refractivity contribution >= 4 is 56.9 Å². The van der Waals surface area contributed by atoms with Gasteiger partial charge in [-0.1, -0.05) is 0 Å². The number of rotatable bonds is 12. The van der Waals surface area contributed by atoms with Crippen LogP contribution >= 0.6 is 35.1 Å². The molecule has 0 amide bonds. The summed E-state index contributed by atoms with van der Waals surface area (Å²) in [5.41, 5.74) is 1.06. The molecule has 1 aliphatic rings. The van der Waals surface area contributed by atoms with Crippen molar-refractivity contribution in [1.82, 2.24) is 19.9 Å². The van der Waals surface area contributed by atoms with Crippen LogP contribution in [0.4, 0.5) is 0 Å². The molecule has 3 rings (SSSR count). The minimum atomic E-state index is -3.81.